The van der Waals surface area contributed by atoms with Crippen LogP contribution >= 0.6 is 0 Å². The normalized spacial score (nSPS) is 29.4. The van der Waals surface area contributed by atoms with E-state index < -0.39 is 54.1 Å². The van der Waals surface area contributed by atoms with Crippen molar-refractivity contribution in [2.45, 2.75) is 84.2 Å². The van der Waals surface area contributed by atoms with Gasteiger partial charge in [-0.3, -0.25) is 19.2 Å². The summed E-state index contributed by atoms with van der Waals surface area (Å²) >= 11 is 0. The van der Waals surface area contributed by atoms with Gasteiger partial charge in [0, 0.05) is 64.0 Å². The number of nitrogens with one attached hydrogen (secondary N) is 2. The Kier molecular flexibility index (Phi) is 16.3. The molecule has 4 N–H and O–H groups in total. The lowest BCUT2D eigenvalue weighted by atomic mass is 9.84. The lowest BCUT2D eigenvalue weighted by molar-refractivity contribution is -0.160. The van der Waals surface area contributed by atoms with Crippen LogP contribution in [0.2, 0.25) is 0 Å². The number of methoxy groups -OCH3 is 2. The van der Waals surface area contributed by atoms with Gasteiger partial charge >= 0.3 is 19.7 Å². The van der Waals surface area contributed by atoms with Gasteiger partial charge in [0.05, 0.1) is 17.5 Å². The summed E-state index contributed by atoms with van der Waals surface area (Å²) in [4.78, 5) is 67.7. The number of allylic oxidation sites excluding steroid dienone is 4. The average molecular weight is 712 g/mol. The minimum absolute atomic E-state index is 0.100. The molecule has 0 aromatic carbocycles. The van der Waals surface area contributed by atoms with E-state index in [0.29, 0.717) is 49.3 Å². The Morgan fingerprint density at radius 3 is 2.41 bits per heavy atom. The molecular formula is C36H52BN4O10. The second-order valence-electron chi connectivity index (χ2n) is 13.1. The third-order valence-electron chi connectivity index (χ3n) is 9.07. The third-order valence-corrected chi connectivity index (χ3v) is 9.07. The molecule has 0 aromatic heterocycles. The van der Waals surface area contributed by atoms with Crippen molar-refractivity contribution < 1.29 is 47.6 Å². The molecule has 0 saturated carbocycles. The Hall–Kier alpha value is -4.05. The van der Waals surface area contributed by atoms with E-state index in [2.05, 4.69) is 10.5 Å². The van der Waals surface area contributed by atoms with Crippen molar-refractivity contribution in [3.63, 3.8) is 0 Å². The van der Waals surface area contributed by atoms with E-state index in [0.717, 1.165) is 6.42 Å². The quantitative estimate of drug-likeness (QED) is 0.0938. The van der Waals surface area contributed by atoms with E-state index in [1.54, 1.807) is 26.0 Å². The van der Waals surface area contributed by atoms with Gasteiger partial charge in [-0.1, -0.05) is 38.2 Å². The summed E-state index contributed by atoms with van der Waals surface area (Å²) in [7, 11) is 5.91. The molecule has 1 radical (unpaired) electrons. The number of primary amides is 1. The van der Waals surface area contributed by atoms with Crippen LogP contribution in [0.25, 0.3) is 0 Å². The highest BCUT2D eigenvalue weighted by Gasteiger charge is 2.37. The number of nitrogens with two attached hydrogens (primary N) is 1. The van der Waals surface area contributed by atoms with Gasteiger partial charge in [-0.05, 0) is 57.6 Å². The highest BCUT2D eigenvalue weighted by Crippen LogP contribution is 2.33. The van der Waals surface area contributed by atoms with Crippen LogP contribution in [-0.2, 0) is 42.8 Å². The molecule has 1 aliphatic carbocycles. The molecule has 0 spiro atoms. The van der Waals surface area contributed by atoms with Crippen LogP contribution in [0, 0.1) is 11.8 Å². The Balaban J connectivity index is 2.09. The molecule has 1 saturated heterocycles. The summed E-state index contributed by atoms with van der Waals surface area (Å²) in [5, 5.41) is 5.57. The number of Topliss-reactive ketones (excluding diaryl/α,β-unsaturated/α-hetero) is 1. The van der Waals surface area contributed by atoms with Gasteiger partial charge in [0.15, 0.2) is 6.10 Å². The number of amides is 2. The van der Waals surface area contributed by atoms with Crippen LogP contribution in [0.4, 0.5) is 4.79 Å². The van der Waals surface area contributed by atoms with Crippen molar-refractivity contribution in [1.29, 1.82) is 0 Å². The number of ketones is 2. The maximum absolute atomic E-state index is 13.9. The number of nitrogens with zero attached hydrogens (tertiary/aromatic N) is 1. The molecule has 1 fully saturated rings. The maximum Gasteiger partial charge on any atom is 0.405 e. The van der Waals surface area contributed by atoms with Gasteiger partial charge in [0.1, 0.15) is 12.2 Å². The molecule has 2 amide bonds. The van der Waals surface area contributed by atoms with Crippen molar-refractivity contribution in [3.05, 3.63) is 58.5 Å². The maximum atomic E-state index is 13.9. The van der Waals surface area contributed by atoms with E-state index in [1.165, 1.54) is 41.1 Å². The average Bonchev–Trinajstić information content (AvgIpc) is 3.05. The monoisotopic (exact) mass is 711 g/mol. The molecule has 3 rings (SSSR count). The molecule has 0 aromatic rings. The summed E-state index contributed by atoms with van der Waals surface area (Å²) in [5.41, 5.74) is 6.86. The number of rotatable bonds is 11. The fraction of sp³-hybridized carbons (Fsp3) is 0.583. The molecule has 2 heterocycles. The summed E-state index contributed by atoms with van der Waals surface area (Å²) in [6.45, 7) is 8.92. The second-order valence-corrected chi connectivity index (χ2v) is 13.1. The number of carbonyl (C=O) groups excluding carboxylic acids is 5. The van der Waals surface area contributed by atoms with Crippen molar-refractivity contribution in [3.8, 4) is 0 Å². The fourth-order valence-corrected chi connectivity index (χ4v) is 6.31. The van der Waals surface area contributed by atoms with Crippen LogP contribution in [-0.4, -0.2) is 107 Å². The SMILES string of the molecule is CO[B]NCCCC(=O)O[C@H]1[C@@H](OC)C[C@H](C)CC2=C(N3CCC3)C(=O)C=C(NC(=O)/C(C)=C/C=C\[C@H](OC)[C@@H](OC(N)=O)/C(C)=C/[C@@H]1C)C2=O. The fourth-order valence-electron chi connectivity index (χ4n) is 6.31. The van der Waals surface area contributed by atoms with E-state index in [4.69, 9.17) is 29.3 Å². The highest BCUT2D eigenvalue weighted by molar-refractivity contribution is 6.24. The van der Waals surface area contributed by atoms with Gasteiger partial charge in [0.25, 0.3) is 5.91 Å². The first-order valence-corrected chi connectivity index (χ1v) is 17.2. The first kappa shape index (κ1) is 41.4. The molecule has 15 heteroatoms. The molecule has 3 aliphatic rings. The minimum atomic E-state index is -1.02. The van der Waals surface area contributed by atoms with Gasteiger partial charge < -0.3 is 44.8 Å². The molecule has 51 heavy (non-hydrogen) atoms. The van der Waals surface area contributed by atoms with Crippen molar-refractivity contribution in [1.82, 2.24) is 15.4 Å². The van der Waals surface area contributed by atoms with Crippen LogP contribution in [0.15, 0.2) is 58.5 Å². The number of fused-ring (bicyclic) bond motifs is 2. The van der Waals surface area contributed by atoms with Gasteiger partial charge in [-0.2, -0.15) is 0 Å². The largest absolute Gasteiger partial charge is 0.459 e. The molecule has 0 unspecified atom stereocenters. The number of esters is 1. The van der Waals surface area contributed by atoms with E-state index in [9.17, 15) is 24.0 Å². The standard InChI is InChI=1S/C36H52BN4O10/c1-21-17-25-31(41-15-10-16-41)27(42)20-26(32(25)44)40-35(45)22(2)11-8-12-28(47-5)33(51-36(38)46)23(3)19-24(4)34(29(18-21)48-6)50-30(43)13-9-14-39-37-49-7/h8,11-12,19-21,24,28-29,33-34,39H,9-10,13-18H2,1-7H3,(H2,38,46)(H,40,45)/b12-8-,22-11+,23-19+/t21-,24+,28+,29+,33+,34-/m1/s1. The lowest BCUT2D eigenvalue weighted by Crippen LogP contribution is -2.43. The van der Waals surface area contributed by atoms with E-state index >= 15 is 0 Å². The van der Waals surface area contributed by atoms with Crippen molar-refractivity contribution in [2.75, 3.05) is 41.0 Å². The Labute approximate surface area is 301 Å². The molecule has 2 bridgehead atoms. The van der Waals surface area contributed by atoms with Crippen molar-refractivity contribution in [2.24, 2.45) is 17.6 Å². The van der Waals surface area contributed by atoms with Crippen molar-refractivity contribution >= 4 is 37.2 Å². The second kappa shape index (κ2) is 20.1. The summed E-state index contributed by atoms with van der Waals surface area (Å²) < 4.78 is 28.1. The summed E-state index contributed by atoms with van der Waals surface area (Å²) in [6, 6.07) is 0. The molecular weight excluding hydrogens is 659 g/mol. The lowest BCUT2D eigenvalue weighted by Gasteiger charge is -2.37. The third kappa shape index (κ3) is 11.7. The zero-order valence-corrected chi connectivity index (χ0v) is 30.7. The van der Waals surface area contributed by atoms with Gasteiger partial charge in [-0.15, -0.1) is 0 Å². The molecule has 6 atom stereocenters. The zero-order valence-electron chi connectivity index (χ0n) is 30.7. The van der Waals surface area contributed by atoms with Crippen LogP contribution < -0.4 is 16.3 Å². The Morgan fingerprint density at radius 1 is 1.08 bits per heavy atom. The molecule has 2 aliphatic heterocycles. The molecule has 279 valence electrons. The van der Waals surface area contributed by atoms with Gasteiger partial charge in [-0.25, -0.2) is 4.79 Å². The van der Waals surface area contributed by atoms with E-state index in [1.807, 2.05) is 24.8 Å². The number of hydrogen-bond acceptors (Lipinski definition) is 12. The summed E-state index contributed by atoms with van der Waals surface area (Å²) in [5.74, 6) is -2.45. The highest BCUT2D eigenvalue weighted by atomic mass is 16.6. The minimum Gasteiger partial charge on any atom is -0.459 e. The first-order valence-electron chi connectivity index (χ1n) is 17.2. The summed E-state index contributed by atoms with van der Waals surface area (Å²) in [6.07, 6.45) is 5.55. The smallest absolute Gasteiger partial charge is 0.405 e. The molecule has 14 nitrogen and oxygen atoms in total. The van der Waals surface area contributed by atoms with Crippen LogP contribution in [0.3, 0.4) is 0 Å². The number of hydrogen-bond donors (Lipinski definition) is 3. The van der Waals surface area contributed by atoms with Crippen LogP contribution in [0.5, 0.6) is 0 Å². The van der Waals surface area contributed by atoms with Crippen LogP contribution in [0.1, 0.15) is 59.8 Å². The predicted octanol–water partition coefficient (Wildman–Crippen LogP) is 2.57. The number of ether oxygens (including phenoxy) is 4. The topological polar surface area (TPSA) is 185 Å². The Morgan fingerprint density at radius 2 is 1.80 bits per heavy atom. The van der Waals surface area contributed by atoms with Gasteiger partial charge in [0.2, 0.25) is 11.6 Å². The zero-order chi connectivity index (χ0) is 37.7. The predicted molar refractivity (Wildman–Crippen MR) is 190 cm³/mol. The first-order chi connectivity index (χ1) is 24.3. The Bertz CT molecular complexity index is 1450. The van der Waals surface area contributed by atoms with E-state index in [-0.39, 0.29) is 35.8 Å². The number of carbonyl (C=O) groups is 5. The number of likely N-dealkylation sites (tertiary alicyclic amines) is 1.